The number of ether oxygens (including phenoxy) is 1. The molecule has 50 heavy (non-hydrogen) atoms. The summed E-state index contributed by atoms with van der Waals surface area (Å²) in [5, 5.41) is 7.27. The fourth-order valence-corrected chi connectivity index (χ4v) is 12.0. The molecule has 2 atom stereocenters. The Bertz CT molecular complexity index is 1330. The number of piperidine rings is 3. The van der Waals surface area contributed by atoms with Crippen molar-refractivity contribution in [2.24, 2.45) is 0 Å². The van der Waals surface area contributed by atoms with Crippen molar-refractivity contribution in [3.63, 3.8) is 0 Å². The van der Waals surface area contributed by atoms with Crippen LogP contribution in [0, 0.1) is 0 Å². The Balaban J connectivity index is 1.82. The summed E-state index contributed by atoms with van der Waals surface area (Å²) < 4.78 is 61.1. The zero-order chi connectivity index (χ0) is 37.8. The number of likely N-dealkylation sites (tertiary alicyclic amines) is 1. The lowest BCUT2D eigenvalue weighted by molar-refractivity contribution is -0.0578. The summed E-state index contributed by atoms with van der Waals surface area (Å²) in [6, 6.07) is -0.116. The second-order valence-corrected chi connectivity index (χ2v) is 22.2. The highest BCUT2D eigenvalue weighted by molar-refractivity contribution is 7.63. The van der Waals surface area contributed by atoms with Crippen molar-refractivity contribution in [3.05, 3.63) is 0 Å². The van der Waals surface area contributed by atoms with Crippen molar-refractivity contribution < 1.29 is 32.0 Å². The topological polar surface area (TPSA) is 146 Å². The first-order valence-corrected chi connectivity index (χ1v) is 21.3. The van der Waals surface area contributed by atoms with Gasteiger partial charge in [-0.2, -0.15) is 15.0 Å². The van der Waals surface area contributed by atoms with Gasteiger partial charge in [0, 0.05) is 46.1 Å². The quantitative estimate of drug-likeness (QED) is 0.232. The van der Waals surface area contributed by atoms with Gasteiger partial charge in [-0.25, -0.2) is 0 Å². The molecule has 0 saturated carbocycles. The molecule has 1 aromatic heterocycles. The van der Waals surface area contributed by atoms with Crippen molar-refractivity contribution in [1.29, 1.82) is 0 Å². The molecule has 3 aliphatic rings. The lowest BCUT2D eigenvalue weighted by Gasteiger charge is -2.53. The molecule has 0 aliphatic carbocycles. The highest BCUT2D eigenvalue weighted by Gasteiger charge is 2.48. The maximum atomic E-state index is 14.9. The van der Waals surface area contributed by atoms with E-state index in [1.807, 2.05) is 0 Å². The minimum absolute atomic E-state index is 0.0719. The van der Waals surface area contributed by atoms with Crippen molar-refractivity contribution in [3.8, 4) is 6.01 Å². The van der Waals surface area contributed by atoms with Crippen LogP contribution in [0.3, 0.4) is 0 Å². The molecule has 0 aromatic carbocycles. The monoisotopic (exact) mass is 744 g/mol. The minimum atomic E-state index is -4.21. The number of nitrogens with one attached hydrogen (secondary N) is 2. The van der Waals surface area contributed by atoms with E-state index < -0.39 is 27.4 Å². The average molecular weight is 745 g/mol. The first-order chi connectivity index (χ1) is 22.6. The van der Waals surface area contributed by atoms with Crippen molar-refractivity contribution in [1.82, 2.24) is 30.5 Å². The van der Waals surface area contributed by atoms with Crippen LogP contribution in [0.15, 0.2) is 0 Å². The summed E-state index contributed by atoms with van der Waals surface area (Å²) in [5.74, 6) is 0. The summed E-state index contributed by atoms with van der Waals surface area (Å²) in [6.45, 7) is 29.0. The maximum Gasteiger partial charge on any atom is 0.398 e. The molecule has 0 radical (unpaired) electrons. The van der Waals surface area contributed by atoms with Crippen molar-refractivity contribution in [2.45, 2.75) is 187 Å². The van der Waals surface area contributed by atoms with E-state index in [4.69, 9.17) is 22.8 Å². The molecule has 0 spiro atoms. The molecule has 3 saturated heterocycles. The summed E-state index contributed by atoms with van der Waals surface area (Å²) >= 11 is 0. The zero-order valence-corrected chi connectivity index (χ0v) is 35.2. The predicted octanol–water partition coefficient (Wildman–Crippen LogP) is 6.26. The molecule has 4 heterocycles. The van der Waals surface area contributed by atoms with E-state index in [0.29, 0.717) is 38.5 Å². The Labute approximate surface area is 301 Å². The molecule has 2 unspecified atom stereocenters. The molecular formula is C35H66N6O7P2. The number of rotatable bonds is 12. The van der Waals surface area contributed by atoms with Crippen LogP contribution in [-0.2, 0) is 27.2 Å². The van der Waals surface area contributed by atoms with Gasteiger partial charge in [-0.15, -0.1) is 0 Å². The summed E-state index contributed by atoms with van der Waals surface area (Å²) in [5.41, 5.74) is -2.07. The van der Waals surface area contributed by atoms with Crippen LogP contribution in [0.1, 0.15) is 135 Å². The van der Waals surface area contributed by atoms with E-state index in [9.17, 15) is 9.13 Å². The zero-order valence-electron chi connectivity index (χ0n) is 33.4. The largest absolute Gasteiger partial charge is 0.460 e. The second-order valence-electron chi connectivity index (χ2n) is 18.4. The van der Waals surface area contributed by atoms with E-state index in [2.05, 4.69) is 121 Å². The molecule has 3 fully saturated rings. The van der Waals surface area contributed by atoms with Gasteiger partial charge < -0.3 is 24.4 Å². The van der Waals surface area contributed by atoms with Gasteiger partial charge in [-0.1, -0.05) is 0 Å². The summed E-state index contributed by atoms with van der Waals surface area (Å²) in [6.07, 6.45) is 2.51. The standard InChI is InChI=1S/C35H66N6O7P2/c1-16-44-49(42,47-25-18-30(3,4)39-31(5,6)19-25)28-36-27(46-24-22-34(11,12)41(15)35(13,14)23-24)37-29(38-28)50(43,45-17-2)48-26-20-32(7,8)40-33(9,10)21-26/h24-26,39-40H,16-23H2,1-15H3. The Morgan fingerprint density at radius 1 is 0.600 bits per heavy atom. The average Bonchev–Trinajstić information content (AvgIpc) is 2.87. The molecular weight excluding hydrogens is 678 g/mol. The summed E-state index contributed by atoms with van der Waals surface area (Å²) in [7, 11) is -6.31. The fourth-order valence-electron chi connectivity index (χ4n) is 8.75. The lowest BCUT2D eigenvalue weighted by Crippen LogP contribution is -2.60. The minimum Gasteiger partial charge on any atom is -0.460 e. The summed E-state index contributed by atoms with van der Waals surface area (Å²) in [4.78, 5) is 16.2. The van der Waals surface area contributed by atoms with Crippen LogP contribution in [-0.4, -0.2) is 91.7 Å². The second kappa shape index (κ2) is 14.3. The SMILES string of the molecule is CCOP(=O)(OC1CC(C)(C)NC(C)(C)C1)c1nc(OC2CC(C)(C)N(C)C(C)(C)C2)nc(P(=O)(OCC)OC2CC(C)(C)NC(C)(C)C2)n1. The molecule has 15 heteroatoms. The van der Waals surface area contributed by atoms with Gasteiger partial charge >= 0.3 is 21.2 Å². The van der Waals surface area contributed by atoms with Gasteiger partial charge in [0.15, 0.2) is 0 Å². The van der Waals surface area contributed by atoms with Crippen LogP contribution in [0.5, 0.6) is 6.01 Å². The third-order valence-corrected chi connectivity index (χ3v) is 13.8. The van der Waals surface area contributed by atoms with Crippen LogP contribution in [0.4, 0.5) is 0 Å². The van der Waals surface area contributed by atoms with E-state index in [0.717, 1.165) is 0 Å². The number of nitrogens with zero attached hydrogens (tertiary/aromatic N) is 4. The van der Waals surface area contributed by atoms with Crippen LogP contribution < -0.4 is 26.5 Å². The van der Waals surface area contributed by atoms with Gasteiger partial charge in [0.2, 0.25) is 11.1 Å². The highest BCUT2D eigenvalue weighted by Crippen LogP contribution is 2.53. The number of hydrogen-bond acceptors (Lipinski definition) is 13. The molecule has 13 nitrogen and oxygen atoms in total. The molecule has 4 rings (SSSR count). The lowest BCUT2D eigenvalue weighted by atomic mass is 9.79. The molecule has 0 amide bonds. The Kier molecular flexibility index (Phi) is 12.0. The normalized spacial score (nSPS) is 27.7. The smallest absolute Gasteiger partial charge is 0.398 e. The molecule has 1 aromatic rings. The van der Waals surface area contributed by atoms with E-state index in [1.54, 1.807) is 13.8 Å². The fraction of sp³-hybridized carbons (Fsp3) is 0.914. The van der Waals surface area contributed by atoms with Crippen molar-refractivity contribution >= 4 is 26.3 Å². The maximum absolute atomic E-state index is 14.9. The van der Waals surface area contributed by atoms with Crippen LogP contribution in [0.25, 0.3) is 0 Å². The number of hydrogen-bond donors (Lipinski definition) is 2. The van der Waals surface area contributed by atoms with Crippen LogP contribution >= 0.6 is 15.2 Å². The third kappa shape index (κ3) is 10.1. The van der Waals surface area contributed by atoms with Crippen molar-refractivity contribution in [2.75, 3.05) is 20.3 Å². The molecule has 2 N–H and O–H groups in total. The van der Waals surface area contributed by atoms with Gasteiger partial charge in [-0.05, 0) is 130 Å². The van der Waals surface area contributed by atoms with Crippen LogP contribution in [0.2, 0.25) is 0 Å². The Morgan fingerprint density at radius 2 is 0.940 bits per heavy atom. The van der Waals surface area contributed by atoms with Gasteiger partial charge in [0.05, 0.1) is 25.4 Å². The van der Waals surface area contributed by atoms with Gasteiger partial charge in [0.1, 0.15) is 6.10 Å². The highest BCUT2D eigenvalue weighted by atomic mass is 31.2. The molecule has 3 aliphatic heterocycles. The Morgan fingerprint density at radius 3 is 1.26 bits per heavy atom. The Hall–Kier alpha value is -1.01. The third-order valence-electron chi connectivity index (χ3n) is 10.1. The van der Waals surface area contributed by atoms with Gasteiger partial charge in [0.25, 0.3) is 0 Å². The van der Waals surface area contributed by atoms with E-state index in [1.165, 1.54) is 0 Å². The predicted molar refractivity (Wildman–Crippen MR) is 198 cm³/mol. The van der Waals surface area contributed by atoms with E-state index in [-0.39, 0.29) is 69.7 Å². The molecule has 288 valence electrons. The van der Waals surface area contributed by atoms with E-state index >= 15 is 0 Å². The number of aromatic nitrogens is 3. The first-order valence-electron chi connectivity index (χ1n) is 18.3. The van der Waals surface area contributed by atoms with Gasteiger partial charge in [-0.3, -0.25) is 23.1 Å². The molecule has 0 bridgehead atoms. The first kappa shape index (κ1) is 41.7.